The van der Waals surface area contributed by atoms with Gasteiger partial charge in [0.2, 0.25) is 16.9 Å². The fraction of sp³-hybridized carbons (Fsp3) is 0.400. The second-order valence-corrected chi connectivity index (χ2v) is 8.18. The number of nitrogens with zero attached hydrogens (tertiary/aromatic N) is 5. The number of aromatic nitrogens is 4. The van der Waals surface area contributed by atoms with Gasteiger partial charge in [-0.3, -0.25) is 23.5 Å². The Morgan fingerprint density at radius 2 is 2.03 bits per heavy atom. The summed E-state index contributed by atoms with van der Waals surface area (Å²) in [7, 11) is 0. The van der Waals surface area contributed by atoms with Gasteiger partial charge in [-0.1, -0.05) is 23.5 Å². The molecule has 162 valence electrons. The third kappa shape index (κ3) is 4.13. The maximum Gasteiger partial charge on any atom is 0.331 e. The molecule has 0 bridgehead atoms. The predicted molar refractivity (Wildman–Crippen MR) is 116 cm³/mol. The standard InChI is InChI=1S/C20H22N6O4S/c1-2-25-18(29)14-7-3-4-8-15(14)26(20(25)30)11-16(27)24-9-5-6-13(10-24)17(28)22-19-23-21-12-31-19/h3-4,7-8,12-13H,2,5-6,9-11H2,1H3,(H,22,23,28)/t13-/m0/s1. The Morgan fingerprint density at radius 1 is 1.23 bits per heavy atom. The Balaban J connectivity index is 1.56. The van der Waals surface area contributed by atoms with Crippen LogP contribution in [0.1, 0.15) is 19.8 Å². The zero-order valence-electron chi connectivity index (χ0n) is 17.0. The minimum Gasteiger partial charge on any atom is -0.340 e. The van der Waals surface area contributed by atoms with Gasteiger partial charge in [0.15, 0.2) is 0 Å². The summed E-state index contributed by atoms with van der Waals surface area (Å²) < 4.78 is 2.47. The first-order chi connectivity index (χ1) is 15.0. The number of piperidine rings is 1. The minimum atomic E-state index is -0.512. The maximum absolute atomic E-state index is 13.1. The molecule has 1 atom stereocenters. The second-order valence-electron chi connectivity index (χ2n) is 7.35. The van der Waals surface area contributed by atoms with E-state index in [9.17, 15) is 19.2 Å². The Morgan fingerprint density at radius 3 is 2.77 bits per heavy atom. The number of nitrogens with one attached hydrogen (secondary N) is 1. The molecule has 1 saturated heterocycles. The number of benzene rings is 1. The van der Waals surface area contributed by atoms with E-state index in [2.05, 4.69) is 15.5 Å². The van der Waals surface area contributed by atoms with Crippen molar-refractivity contribution in [2.75, 3.05) is 18.4 Å². The molecule has 1 aliphatic heterocycles. The van der Waals surface area contributed by atoms with E-state index in [0.29, 0.717) is 35.4 Å². The lowest BCUT2D eigenvalue weighted by Crippen LogP contribution is -2.47. The zero-order chi connectivity index (χ0) is 22.0. The summed E-state index contributed by atoms with van der Waals surface area (Å²) in [5, 5.41) is 11.1. The van der Waals surface area contributed by atoms with Crippen LogP contribution in [0.3, 0.4) is 0 Å². The van der Waals surface area contributed by atoms with Crippen molar-refractivity contribution < 1.29 is 9.59 Å². The van der Waals surface area contributed by atoms with E-state index >= 15 is 0 Å². The topological polar surface area (TPSA) is 119 Å². The van der Waals surface area contributed by atoms with E-state index in [1.807, 2.05) is 0 Å². The Bertz CT molecular complexity index is 1230. The summed E-state index contributed by atoms with van der Waals surface area (Å²) >= 11 is 1.23. The third-order valence-corrected chi connectivity index (χ3v) is 6.08. The van der Waals surface area contributed by atoms with Gasteiger partial charge < -0.3 is 10.2 Å². The first-order valence-electron chi connectivity index (χ1n) is 10.1. The number of hydrogen-bond acceptors (Lipinski definition) is 7. The van der Waals surface area contributed by atoms with Crippen molar-refractivity contribution >= 4 is 39.2 Å². The van der Waals surface area contributed by atoms with Gasteiger partial charge in [0.1, 0.15) is 12.1 Å². The normalized spacial score (nSPS) is 16.4. The van der Waals surface area contributed by atoms with Crippen LogP contribution in [0.5, 0.6) is 0 Å². The van der Waals surface area contributed by atoms with Crippen LogP contribution >= 0.6 is 11.3 Å². The Hall–Kier alpha value is -3.34. The molecule has 2 amide bonds. The van der Waals surface area contributed by atoms with Gasteiger partial charge in [-0.05, 0) is 31.9 Å². The number of para-hydroxylation sites is 1. The number of anilines is 1. The van der Waals surface area contributed by atoms with Crippen molar-refractivity contribution in [2.24, 2.45) is 5.92 Å². The molecular weight excluding hydrogens is 420 g/mol. The maximum atomic E-state index is 13.1. The fourth-order valence-electron chi connectivity index (χ4n) is 3.89. The van der Waals surface area contributed by atoms with Gasteiger partial charge in [0, 0.05) is 19.6 Å². The highest BCUT2D eigenvalue weighted by Gasteiger charge is 2.29. The molecule has 0 unspecified atom stereocenters. The number of hydrogen-bond donors (Lipinski definition) is 1. The van der Waals surface area contributed by atoms with Crippen LogP contribution in [-0.4, -0.2) is 49.1 Å². The monoisotopic (exact) mass is 442 g/mol. The molecule has 1 N–H and O–H groups in total. The highest BCUT2D eigenvalue weighted by molar-refractivity contribution is 7.13. The summed E-state index contributed by atoms with van der Waals surface area (Å²) in [4.78, 5) is 52.7. The highest BCUT2D eigenvalue weighted by atomic mass is 32.1. The fourth-order valence-corrected chi connectivity index (χ4v) is 4.34. The van der Waals surface area contributed by atoms with Crippen molar-refractivity contribution in [1.82, 2.24) is 24.2 Å². The Kier molecular flexibility index (Phi) is 5.94. The van der Waals surface area contributed by atoms with E-state index in [1.165, 1.54) is 21.4 Å². The molecule has 0 aliphatic carbocycles. The molecule has 2 aromatic heterocycles. The summed E-state index contributed by atoms with van der Waals surface area (Å²) in [6.07, 6.45) is 1.35. The van der Waals surface area contributed by atoms with Crippen LogP contribution in [0.4, 0.5) is 5.13 Å². The first-order valence-corrected chi connectivity index (χ1v) is 10.9. The summed E-state index contributed by atoms with van der Waals surface area (Å²) in [6.45, 7) is 2.53. The van der Waals surface area contributed by atoms with E-state index < -0.39 is 5.69 Å². The lowest BCUT2D eigenvalue weighted by molar-refractivity contribution is -0.135. The molecule has 31 heavy (non-hydrogen) atoms. The van der Waals surface area contributed by atoms with Gasteiger partial charge in [0.05, 0.1) is 16.8 Å². The number of rotatable bonds is 5. The van der Waals surface area contributed by atoms with Gasteiger partial charge in [-0.2, -0.15) is 0 Å². The van der Waals surface area contributed by atoms with Crippen molar-refractivity contribution in [3.8, 4) is 0 Å². The van der Waals surface area contributed by atoms with Crippen LogP contribution in [0.15, 0.2) is 39.4 Å². The first kappa shape index (κ1) is 20.9. The summed E-state index contributed by atoms with van der Waals surface area (Å²) in [5.74, 6) is -0.821. The van der Waals surface area contributed by atoms with Crippen LogP contribution < -0.4 is 16.6 Å². The molecule has 1 aliphatic rings. The van der Waals surface area contributed by atoms with Crippen molar-refractivity contribution in [1.29, 1.82) is 0 Å². The van der Waals surface area contributed by atoms with Gasteiger partial charge in [0.25, 0.3) is 5.56 Å². The van der Waals surface area contributed by atoms with Crippen molar-refractivity contribution in [2.45, 2.75) is 32.9 Å². The largest absolute Gasteiger partial charge is 0.340 e. The SMILES string of the molecule is CCn1c(=O)c2ccccc2n(CC(=O)N2CCC[C@H](C(=O)Nc3nncs3)C2)c1=O. The molecule has 0 saturated carbocycles. The molecule has 4 rings (SSSR count). The average Bonchev–Trinajstić information content (AvgIpc) is 3.30. The molecule has 0 radical (unpaired) electrons. The predicted octanol–water partition coefficient (Wildman–Crippen LogP) is 0.912. The van der Waals surface area contributed by atoms with Gasteiger partial charge in [-0.15, -0.1) is 10.2 Å². The van der Waals surface area contributed by atoms with Crippen LogP contribution in [0.2, 0.25) is 0 Å². The molecule has 1 aromatic carbocycles. The number of carbonyl (C=O) groups excluding carboxylic acids is 2. The van der Waals surface area contributed by atoms with E-state index in [1.54, 1.807) is 36.1 Å². The van der Waals surface area contributed by atoms with E-state index in [4.69, 9.17) is 0 Å². The lowest BCUT2D eigenvalue weighted by Gasteiger charge is -2.32. The number of amides is 2. The molecule has 10 nitrogen and oxygen atoms in total. The third-order valence-electron chi connectivity index (χ3n) is 5.48. The molecule has 11 heteroatoms. The summed E-state index contributed by atoms with van der Waals surface area (Å²) in [6, 6.07) is 6.78. The number of carbonyl (C=O) groups is 2. The number of fused-ring (bicyclic) bond motifs is 1. The molecular formula is C20H22N6O4S. The minimum absolute atomic E-state index is 0.190. The molecule has 1 fully saturated rings. The Labute approximate surface area is 181 Å². The van der Waals surface area contributed by atoms with Crippen LogP contribution in [-0.2, 0) is 22.7 Å². The summed E-state index contributed by atoms with van der Waals surface area (Å²) in [5.41, 5.74) is 1.09. The zero-order valence-corrected chi connectivity index (χ0v) is 17.8. The molecule has 0 spiro atoms. The molecule has 3 aromatic rings. The van der Waals surface area contributed by atoms with Gasteiger partial charge in [-0.25, -0.2) is 4.79 Å². The smallest absolute Gasteiger partial charge is 0.331 e. The van der Waals surface area contributed by atoms with E-state index in [0.717, 1.165) is 4.57 Å². The van der Waals surface area contributed by atoms with Crippen LogP contribution in [0, 0.1) is 5.92 Å². The second kappa shape index (κ2) is 8.80. The quantitative estimate of drug-likeness (QED) is 0.627. The van der Waals surface area contributed by atoms with Crippen LogP contribution in [0.25, 0.3) is 10.9 Å². The average molecular weight is 443 g/mol. The number of likely N-dealkylation sites (tertiary alicyclic amines) is 1. The van der Waals surface area contributed by atoms with E-state index in [-0.39, 0.29) is 42.9 Å². The van der Waals surface area contributed by atoms with Crippen molar-refractivity contribution in [3.05, 3.63) is 50.6 Å². The highest BCUT2D eigenvalue weighted by Crippen LogP contribution is 2.20. The van der Waals surface area contributed by atoms with Crippen molar-refractivity contribution in [3.63, 3.8) is 0 Å². The lowest BCUT2D eigenvalue weighted by atomic mass is 9.97. The van der Waals surface area contributed by atoms with Gasteiger partial charge >= 0.3 is 5.69 Å². The molecule has 3 heterocycles.